The van der Waals surface area contributed by atoms with Crippen molar-refractivity contribution in [1.29, 1.82) is 0 Å². The van der Waals surface area contributed by atoms with Crippen molar-refractivity contribution in [3.63, 3.8) is 0 Å². The van der Waals surface area contributed by atoms with Crippen LogP contribution in [0.3, 0.4) is 0 Å². The van der Waals surface area contributed by atoms with E-state index in [2.05, 4.69) is 10.3 Å². The topological polar surface area (TPSA) is 42.0 Å². The number of halogens is 3. The summed E-state index contributed by atoms with van der Waals surface area (Å²) in [6, 6.07) is 17.9. The fourth-order valence-corrected chi connectivity index (χ4v) is 4.38. The van der Waals surface area contributed by atoms with Gasteiger partial charge in [-0.1, -0.05) is 53.0 Å². The molecule has 0 radical (unpaired) electrons. The molecule has 3 aromatic carbocycles. The summed E-state index contributed by atoms with van der Waals surface area (Å²) in [7, 11) is 0. The summed E-state index contributed by atoms with van der Waals surface area (Å²) in [6.45, 7) is 0. The number of rotatable bonds is 3. The number of hydrogen-bond donors (Lipinski definition) is 1. The molecule has 3 nitrogen and oxygen atoms in total. The van der Waals surface area contributed by atoms with Crippen molar-refractivity contribution < 1.29 is 4.79 Å². The molecule has 0 unspecified atom stereocenters. The molecular weight excluding hydrogens is 423 g/mol. The first-order chi connectivity index (χ1) is 13.0. The van der Waals surface area contributed by atoms with E-state index in [1.54, 1.807) is 36.4 Å². The number of carbonyl (C=O) groups is 1. The maximum Gasteiger partial charge on any atom is 0.255 e. The van der Waals surface area contributed by atoms with Crippen LogP contribution in [0.2, 0.25) is 15.1 Å². The van der Waals surface area contributed by atoms with Crippen LogP contribution < -0.4 is 5.32 Å². The lowest BCUT2D eigenvalue weighted by molar-refractivity contribution is 0.102. The minimum Gasteiger partial charge on any atom is -0.321 e. The number of carbonyl (C=O) groups excluding carboxylic acids is 1. The molecule has 0 aliphatic carbocycles. The van der Waals surface area contributed by atoms with Gasteiger partial charge in [0.2, 0.25) is 0 Å². The third-order valence-corrected chi connectivity index (χ3v) is 5.85. The normalized spacial score (nSPS) is 10.9. The van der Waals surface area contributed by atoms with Crippen LogP contribution in [0, 0.1) is 0 Å². The summed E-state index contributed by atoms with van der Waals surface area (Å²) >= 11 is 20.2. The maximum absolute atomic E-state index is 12.5. The van der Waals surface area contributed by atoms with E-state index >= 15 is 0 Å². The molecule has 0 bridgehead atoms. The average molecular weight is 434 g/mol. The zero-order chi connectivity index (χ0) is 19.0. The number of anilines is 1. The van der Waals surface area contributed by atoms with Gasteiger partial charge in [-0.3, -0.25) is 4.79 Å². The molecule has 1 amide bonds. The predicted octanol–water partition coefficient (Wildman–Crippen LogP) is 7.18. The second kappa shape index (κ2) is 7.49. The smallest absolute Gasteiger partial charge is 0.255 e. The summed E-state index contributed by atoms with van der Waals surface area (Å²) in [4.78, 5) is 17.1. The molecule has 0 aliphatic rings. The lowest BCUT2D eigenvalue weighted by atomic mass is 10.1. The molecule has 0 fully saturated rings. The third kappa shape index (κ3) is 3.80. The van der Waals surface area contributed by atoms with E-state index in [1.165, 1.54) is 11.3 Å². The number of nitrogens with zero attached hydrogens (tertiary/aromatic N) is 1. The Hall–Kier alpha value is -2.11. The predicted molar refractivity (Wildman–Crippen MR) is 114 cm³/mol. The van der Waals surface area contributed by atoms with Crippen LogP contribution in [-0.2, 0) is 0 Å². The molecule has 134 valence electrons. The van der Waals surface area contributed by atoms with Crippen LogP contribution in [0.4, 0.5) is 5.69 Å². The summed E-state index contributed by atoms with van der Waals surface area (Å²) < 4.78 is 1.06. The number of hydrogen-bond acceptors (Lipinski definition) is 3. The second-order valence-corrected chi connectivity index (χ2v) is 8.04. The van der Waals surface area contributed by atoms with Crippen LogP contribution in [0.1, 0.15) is 10.4 Å². The van der Waals surface area contributed by atoms with Gasteiger partial charge in [-0.15, -0.1) is 11.3 Å². The molecule has 27 heavy (non-hydrogen) atoms. The lowest BCUT2D eigenvalue weighted by Gasteiger charge is -2.10. The van der Waals surface area contributed by atoms with Crippen molar-refractivity contribution in [3.05, 3.63) is 81.3 Å². The molecule has 1 heterocycles. The molecule has 1 aromatic heterocycles. The first-order valence-electron chi connectivity index (χ1n) is 7.93. The minimum atomic E-state index is -0.308. The van der Waals surface area contributed by atoms with Gasteiger partial charge in [-0.05, 0) is 42.5 Å². The van der Waals surface area contributed by atoms with Gasteiger partial charge >= 0.3 is 0 Å². The van der Waals surface area contributed by atoms with Gasteiger partial charge in [0.05, 0.1) is 25.9 Å². The highest BCUT2D eigenvalue weighted by Crippen LogP contribution is 2.39. The Morgan fingerprint density at radius 1 is 0.926 bits per heavy atom. The van der Waals surface area contributed by atoms with E-state index in [-0.39, 0.29) is 5.91 Å². The van der Waals surface area contributed by atoms with Gasteiger partial charge < -0.3 is 5.32 Å². The van der Waals surface area contributed by atoms with Crippen molar-refractivity contribution in [1.82, 2.24) is 4.98 Å². The Labute approximate surface area is 174 Å². The van der Waals surface area contributed by atoms with E-state index in [9.17, 15) is 4.79 Å². The minimum absolute atomic E-state index is 0.308. The Morgan fingerprint density at radius 2 is 1.74 bits per heavy atom. The fourth-order valence-electron chi connectivity index (χ4n) is 2.62. The molecular formula is C20H11Cl3N2OS. The number of amides is 1. The molecule has 0 atom stereocenters. The summed E-state index contributed by atoms with van der Waals surface area (Å²) in [5.41, 5.74) is 2.51. The zero-order valence-corrected chi connectivity index (χ0v) is 16.8. The molecule has 0 spiro atoms. The Kier molecular flexibility index (Phi) is 5.06. The summed E-state index contributed by atoms with van der Waals surface area (Å²) in [5, 5.41) is 4.88. The maximum atomic E-state index is 12.5. The largest absolute Gasteiger partial charge is 0.321 e. The molecule has 4 aromatic rings. The van der Waals surface area contributed by atoms with Crippen molar-refractivity contribution in [3.8, 4) is 10.6 Å². The lowest BCUT2D eigenvalue weighted by Crippen LogP contribution is -2.12. The van der Waals surface area contributed by atoms with Gasteiger partial charge in [0, 0.05) is 16.1 Å². The van der Waals surface area contributed by atoms with Crippen LogP contribution >= 0.6 is 46.1 Å². The summed E-state index contributed by atoms with van der Waals surface area (Å²) in [5.74, 6) is -0.308. The van der Waals surface area contributed by atoms with Crippen molar-refractivity contribution in [2.45, 2.75) is 0 Å². The highest BCUT2D eigenvalue weighted by molar-refractivity contribution is 7.21. The fraction of sp³-hybridized carbons (Fsp3) is 0. The molecule has 4 rings (SSSR count). The van der Waals surface area contributed by atoms with E-state index in [1.807, 2.05) is 24.3 Å². The quantitative estimate of drug-likeness (QED) is 0.372. The Balaban J connectivity index is 1.72. The molecule has 7 heteroatoms. The van der Waals surface area contributed by atoms with E-state index in [4.69, 9.17) is 34.8 Å². The SMILES string of the molecule is O=C(Nc1cc(-c2nc3ccccc3s2)c(Cl)cc1Cl)c1cccc(Cl)c1. The molecule has 0 aliphatic heterocycles. The van der Waals surface area contributed by atoms with Crippen LogP contribution in [-0.4, -0.2) is 10.9 Å². The molecule has 1 N–H and O–H groups in total. The van der Waals surface area contributed by atoms with Gasteiger partial charge in [-0.25, -0.2) is 4.98 Å². The monoisotopic (exact) mass is 432 g/mol. The van der Waals surface area contributed by atoms with Gasteiger partial charge in [0.25, 0.3) is 5.91 Å². The third-order valence-electron chi connectivity index (χ3n) is 3.92. The summed E-state index contributed by atoms with van der Waals surface area (Å²) in [6.07, 6.45) is 0. The number of aromatic nitrogens is 1. The van der Waals surface area contributed by atoms with Gasteiger partial charge in [0.15, 0.2) is 0 Å². The second-order valence-electron chi connectivity index (χ2n) is 5.76. The Bertz CT molecular complexity index is 1140. The number of benzene rings is 3. The van der Waals surface area contributed by atoms with Gasteiger partial charge in [0.1, 0.15) is 5.01 Å². The van der Waals surface area contributed by atoms with Gasteiger partial charge in [-0.2, -0.15) is 0 Å². The number of thiazole rings is 1. The highest BCUT2D eigenvalue weighted by Gasteiger charge is 2.15. The highest BCUT2D eigenvalue weighted by atomic mass is 35.5. The van der Waals surface area contributed by atoms with Crippen molar-refractivity contribution >= 4 is 68.0 Å². The van der Waals surface area contributed by atoms with E-state index in [0.717, 1.165) is 15.2 Å². The van der Waals surface area contributed by atoms with E-state index in [0.29, 0.717) is 31.9 Å². The number of fused-ring (bicyclic) bond motifs is 1. The van der Waals surface area contributed by atoms with Crippen molar-refractivity contribution in [2.75, 3.05) is 5.32 Å². The zero-order valence-electron chi connectivity index (χ0n) is 13.7. The molecule has 0 saturated carbocycles. The molecule has 0 saturated heterocycles. The van der Waals surface area contributed by atoms with E-state index < -0.39 is 0 Å². The Morgan fingerprint density at radius 3 is 2.52 bits per heavy atom. The first kappa shape index (κ1) is 18.3. The van der Waals surface area contributed by atoms with Crippen LogP contribution in [0.25, 0.3) is 20.8 Å². The van der Waals surface area contributed by atoms with Crippen LogP contribution in [0.15, 0.2) is 60.7 Å². The van der Waals surface area contributed by atoms with Crippen molar-refractivity contribution in [2.24, 2.45) is 0 Å². The first-order valence-corrected chi connectivity index (χ1v) is 9.88. The average Bonchev–Trinajstić information content (AvgIpc) is 3.07. The van der Waals surface area contributed by atoms with Crippen LogP contribution in [0.5, 0.6) is 0 Å². The number of nitrogens with one attached hydrogen (secondary N) is 1. The number of para-hydroxylation sites is 1. The standard InChI is InChI=1S/C20H11Cl3N2OS/c21-12-5-3-4-11(8-12)19(26)24-17-9-13(14(22)10-15(17)23)20-25-16-6-1-2-7-18(16)27-20/h1-10H,(H,24,26).